The van der Waals surface area contributed by atoms with Crippen LogP contribution in [0.1, 0.15) is 0 Å². The molecule has 0 aromatic heterocycles. The summed E-state index contributed by atoms with van der Waals surface area (Å²) in [6, 6.07) is 17.3. The molecule has 0 saturated heterocycles. The van der Waals surface area contributed by atoms with Gasteiger partial charge >= 0.3 is 0 Å². The number of amides is 1. The Morgan fingerprint density at radius 1 is 0.935 bits per heavy atom. The average Bonchev–Trinajstić information content (AvgIpc) is 2.78. The Labute approximate surface area is 180 Å². The number of ether oxygens (including phenoxy) is 2. The summed E-state index contributed by atoms with van der Waals surface area (Å²) < 4.78 is 51.0. The molecular formula is C22H21FN2O5S. The SMILES string of the molecule is COc1ccc(N(CC(=O)Nc2cccc(OC)c2)S(=O)(=O)c2ccc(F)cc2)cc1. The van der Waals surface area contributed by atoms with Gasteiger partial charge < -0.3 is 14.8 Å². The Kier molecular flexibility index (Phi) is 6.76. The van der Waals surface area contributed by atoms with Gasteiger partial charge in [-0.05, 0) is 60.7 Å². The van der Waals surface area contributed by atoms with Crippen molar-refractivity contribution >= 4 is 27.3 Å². The first-order valence-electron chi connectivity index (χ1n) is 9.20. The van der Waals surface area contributed by atoms with E-state index < -0.39 is 28.3 Å². The maximum atomic E-state index is 13.3. The van der Waals surface area contributed by atoms with Crippen molar-refractivity contribution in [3.05, 3.63) is 78.6 Å². The van der Waals surface area contributed by atoms with Gasteiger partial charge in [-0.15, -0.1) is 0 Å². The van der Waals surface area contributed by atoms with Gasteiger partial charge in [-0.2, -0.15) is 0 Å². The van der Waals surface area contributed by atoms with E-state index in [9.17, 15) is 17.6 Å². The number of carbonyl (C=O) groups excluding carboxylic acids is 1. The number of halogens is 1. The molecule has 0 aliphatic rings. The molecule has 0 fully saturated rings. The molecule has 0 atom stereocenters. The highest BCUT2D eigenvalue weighted by molar-refractivity contribution is 7.92. The molecule has 31 heavy (non-hydrogen) atoms. The van der Waals surface area contributed by atoms with Gasteiger partial charge in [0, 0.05) is 11.8 Å². The zero-order valence-electron chi connectivity index (χ0n) is 16.9. The molecular weight excluding hydrogens is 423 g/mol. The second kappa shape index (κ2) is 9.48. The van der Waals surface area contributed by atoms with Crippen LogP contribution in [-0.4, -0.2) is 35.1 Å². The number of nitrogens with zero attached hydrogens (tertiary/aromatic N) is 1. The summed E-state index contributed by atoms with van der Waals surface area (Å²) in [7, 11) is -1.16. The predicted molar refractivity (Wildman–Crippen MR) is 116 cm³/mol. The van der Waals surface area contributed by atoms with Crippen LogP contribution >= 0.6 is 0 Å². The van der Waals surface area contributed by atoms with Crippen LogP contribution in [0.3, 0.4) is 0 Å². The normalized spacial score (nSPS) is 10.9. The van der Waals surface area contributed by atoms with E-state index in [4.69, 9.17) is 9.47 Å². The summed E-state index contributed by atoms with van der Waals surface area (Å²) in [6.45, 7) is -0.497. The summed E-state index contributed by atoms with van der Waals surface area (Å²) >= 11 is 0. The van der Waals surface area contributed by atoms with E-state index in [-0.39, 0.29) is 10.6 Å². The van der Waals surface area contributed by atoms with Crippen molar-refractivity contribution in [1.29, 1.82) is 0 Å². The highest BCUT2D eigenvalue weighted by Gasteiger charge is 2.27. The molecule has 0 unspecified atom stereocenters. The fourth-order valence-electron chi connectivity index (χ4n) is 2.83. The summed E-state index contributed by atoms with van der Waals surface area (Å²) in [5.74, 6) is -0.0482. The molecule has 162 valence electrons. The van der Waals surface area contributed by atoms with E-state index in [1.807, 2.05) is 0 Å². The molecule has 0 aliphatic carbocycles. The van der Waals surface area contributed by atoms with Crippen molar-refractivity contribution in [1.82, 2.24) is 0 Å². The third-order valence-electron chi connectivity index (χ3n) is 4.40. The van der Waals surface area contributed by atoms with E-state index in [1.165, 1.54) is 26.4 Å². The van der Waals surface area contributed by atoms with Crippen LogP contribution in [0.15, 0.2) is 77.7 Å². The average molecular weight is 444 g/mol. The van der Waals surface area contributed by atoms with Crippen LogP contribution in [0.2, 0.25) is 0 Å². The molecule has 3 rings (SSSR count). The number of anilines is 2. The van der Waals surface area contributed by atoms with Crippen molar-refractivity contribution in [2.75, 3.05) is 30.4 Å². The molecule has 0 aliphatic heterocycles. The molecule has 1 N–H and O–H groups in total. The lowest BCUT2D eigenvalue weighted by Crippen LogP contribution is -2.38. The largest absolute Gasteiger partial charge is 0.497 e. The van der Waals surface area contributed by atoms with E-state index in [2.05, 4.69) is 5.32 Å². The highest BCUT2D eigenvalue weighted by Crippen LogP contribution is 2.26. The van der Waals surface area contributed by atoms with E-state index in [0.29, 0.717) is 17.2 Å². The third kappa shape index (κ3) is 5.32. The lowest BCUT2D eigenvalue weighted by molar-refractivity contribution is -0.114. The number of hydrogen-bond acceptors (Lipinski definition) is 5. The van der Waals surface area contributed by atoms with Crippen LogP contribution in [0.5, 0.6) is 11.5 Å². The van der Waals surface area contributed by atoms with Gasteiger partial charge in [0.1, 0.15) is 23.9 Å². The third-order valence-corrected chi connectivity index (χ3v) is 6.19. The number of carbonyl (C=O) groups is 1. The van der Waals surface area contributed by atoms with Crippen LogP contribution in [-0.2, 0) is 14.8 Å². The minimum absolute atomic E-state index is 0.140. The van der Waals surface area contributed by atoms with E-state index >= 15 is 0 Å². The van der Waals surface area contributed by atoms with Crippen molar-refractivity contribution in [2.45, 2.75) is 4.90 Å². The zero-order chi connectivity index (χ0) is 22.4. The second-order valence-corrected chi connectivity index (χ2v) is 8.31. The first-order valence-corrected chi connectivity index (χ1v) is 10.6. The number of methoxy groups -OCH3 is 2. The molecule has 7 nitrogen and oxygen atoms in total. The Hall–Kier alpha value is -3.59. The molecule has 0 heterocycles. The Morgan fingerprint density at radius 3 is 2.19 bits per heavy atom. The zero-order valence-corrected chi connectivity index (χ0v) is 17.7. The molecule has 0 spiro atoms. The summed E-state index contributed by atoms with van der Waals surface area (Å²) in [5.41, 5.74) is 0.712. The van der Waals surface area contributed by atoms with Gasteiger partial charge in [-0.25, -0.2) is 12.8 Å². The first kappa shape index (κ1) is 22.1. The summed E-state index contributed by atoms with van der Waals surface area (Å²) in [4.78, 5) is 12.6. The predicted octanol–water partition coefficient (Wildman–Crippen LogP) is 3.68. The lowest BCUT2D eigenvalue weighted by Gasteiger charge is -2.24. The maximum Gasteiger partial charge on any atom is 0.264 e. The summed E-state index contributed by atoms with van der Waals surface area (Å²) in [6.07, 6.45) is 0. The van der Waals surface area contributed by atoms with Gasteiger partial charge in [0.05, 0.1) is 24.8 Å². The van der Waals surface area contributed by atoms with Gasteiger partial charge in [0.2, 0.25) is 5.91 Å². The van der Waals surface area contributed by atoms with Gasteiger partial charge in [-0.1, -0.05) is 6.07 Å². The number of benzene rings is 3. The van der Waals surface area contributed by atoms with E-state index in [1.54, 1.807) is 36.4 Å². The van der Waals surface area contributed by atoms with Crippen LogP contribution in [0.25, 0.3) is 0 Å². The summed E-state index contributed by atoms with van der Waals surface area (Å²) in [5, 5.41) is 2.66. The Bertz CT molecular complexity index is 1150. The fourth-order valence-corrected chi connectivity index (χ4v) is 4.25. The lowest BCUT2D eigenvalue weighted by atomic mass is 10.3. The Morgan fingerprint density at radius 2 is 1.58 bits per heavy atom. The van der Waals surface area contributed by atoms with Crippen molar-refractivity contribution in [3.63, 3.8) is 0 Å². The second-order valence-electron chi connectivity index (χ2n) is 6.44. The molecule has 9 heteroatoms. The number of nitrogens with one attached hydrogen (secondary N) is 1. The van der Waals surface area contributed by atoms with Crippen molar-refractivity contribution in [2.24, 2.45) is 0 Å². The number of sulfonamides is 1. The van der Waals surface area contributed by atoms with Gasteiger partial charge in [0.15, 0.2) is 0 Å². The molecule has 3 aromatic carbocycles. The van der Waals surface area contributed by atoms with Crippen molar-refractivity contribution in [3.8, 4) is 11.5 Å². The maximum absolute atomic E-state index is 13.3. The first-order chi connectivity index (χ1) is 14.8. The van der Waals surface area contributed by atoms with Crippen LogP contribution in [0.4, 0.5) is 15.8 Å². The number of rotatable bonds is 8. The standard InChI is InChI=1S/C22H21FN2O5S/c1-29-19-10-8-18(9-11-19)25(31(27,28)21-12-6-16(23)7-13-21)15-22(26)24-17-4-3-5-20(14-17)30-2/h3-14H,15H2,1-2H3,(H,24,26). The topological polar surface area (TPSA) is 84.9 Å². The minimum Gasteiger partial charge on any atom is -0.497 e. The smallest absolute Gasteiger partial charge is 0.264 e. The highest BCUT2D eigenvalue weighted by atomic mass is 32.2. The van der Waals surface area contributed by atoms with Crippen LogP contribution < -0.4 is 19.1 Å². The molecule has 0 bridgehead atoms. The molecule has 1 amide bonds. The van der Waals surface area contributed by atoms with Gasteiger partial charge in [0.25, 0.3) is 10.0 Å². The monoisotopic (exact) mass is 444 g/mol. The molecule has 0 radical (unpaired) electrons. The molecule has 0 saturated carbocycles. The minimum atomic E-state index is -4.15. The van der Waals surface area contributed by atoms with E-state index in [0.717, 1.165) is 28.6 Å². The molecule has 3 aromatic rings. The fraction of sp³-hybridized carbons (Fsp3) is 0.136. The van der Waals surface area contributed by atoms with Crippen LogP contribution in [0, 0.1) is 5.82 Å². The van der Waals surface area contributed by atoms with Gasteiger partial charge in [-0.3, -0.25) is 9.10 Å². The Balaban J connectivity index is 1.93. The quantitative estimate of drug-likeness (QED) is 0.573. The number of hydrogen-bond donors (Lipinski definition) is 1. The van der Waals surface area contributed by atoms with Crippen molar-refractivity contribution < 1.29 is 27.1 Å².